The third-order valence-electron chi connectivity index (χ3n) is 4.43. The zero-order valence-corrected chi connectivity index (χ0v) is 12.8. The molecular weight excluding hydrogens is 296 g/mol. The maximum Gasteiger partial charge on any atom is 0.329 e. The first-order valence-electron chi connectivity index (χ1n) is 7.78. The van der Waals surface area contributed by atoms with E-state index in [2.05, 4.69) is 10.3 Å². The van der Waals surface area contributed by atoms with Gasteiger partial charge in [0.25, 0.3) is 0 Å². The molecule has 1 amide bonds. The highest BCUT2D eigenvalue weighted by molar-refractivity contribution is 5.88. The van der Waals surface area contributed by atoms with Gasteiger partial charge in [-0.25, -0.2) is 4.79 Å². The van der Waals surface area contributed by atoms with E-state index in [4.69, 9.17) is 4.74 Å². The van der Waals surface area contributed by atoms with Crippen LogP contribution in [0, 0.1) is 0 Å². The molecule has 0 saturated carbocycles. The molecular formula is C17H20N2O4. The van der Waals surface area contributed by atoms with E-state index >= 15 is 0 Å². The first-order chi connectivity index (χ1) is 11.1. The average Bonchev–Trinajstić information content (AvgIpc) is 2.97. The van der Waals surface area contributed by atoms with Crippen molar-refractivity contribution in [2.24, 2.45) is 0 Å². The topological polar surface area (TPSA) is 91.4 Å². The van der Waals surface area contributed by atoms with Gasteiger partial charge in [0.05, 0.1) is 0 Å². The van der Waals surface area contributed by atoms with Gasteiger partial charge in [0.2, 0.25) is 5.91 Å². The van der Waals surface area contributed by atoms with Gasteiger partial charge in [-0.1, -0.05) is 18.2 Å². The second-order valence-corrected chi connectivity index (χ2v) is 5.91. The van der Waals surface area contributed by atoms with Gasteiger partial charge in [-0.3, -0.25) is 4.79 Å². The lowest BCUT2D eigenvalue weighted by molar-refractivity contribution is -0.152. The van der Waals surface area contributed by atoms with Gasteiger partial charge in [0.15, 0.2) is 0 Å². The lowest BCUT2D eigenvalue weighted by Crippen LogP contribution is -2.57. The van der Waals surface area contributed by atoms with Crippen molar-refractivity contribution >= 4 is 22.8 Å². The molecule has 0 unspecified atom stereocenters. The van der Waals surface area contributed by atoms with Crippen molar-refractivity contribution in [1.29, 1.82) is 0 Å². The number of carboxylic acids is 1. The van der Waals surface area contributed by atoms with Crippen LogP contribution in [0.3, 0.4) is 0 Å². The molecule has 6 nitrogen and oxygen atoms in total. The zero-order valence-electron chi connectivity index (χ0n) is 12.8. The van der Waals surface area contributed by atoms with Crippen molar-refractivity contribution in [3.8, 4) is 0 Å². The van der Waals surface area contributed by atoms with E-state index in [1.165, 1.54) is 0 Å². The minimum Gasteiger partial charge on any atom is -0.480 e. The summed E-state index contributed by atoms with van der Waals surface area (Å²) in [5.41, 5.74) is 0.914. The molecule has 2 heterocycles. The second-order valence-electron chi connectivity index (χ2n) is 5.91. The number of aryl methyl sites for hydroxylation is 1. The Balaban J connectivity index is 1.64. The number of aromatic nitrogens is 1. The smallest absolute Gasteiger partial charge is 0.329 e. The number of aliphatic carboxylic acids is 1. The van der Waals surface area contributed by atoms with E-state index in [1.54, 1.807) is 0 Å². The number of para-hydroxylation sites is 1. The molecule has 1 saturated heterocycles. The number of hydrogen-bond acceptors (Lipinski definition) is 3. The van der Waals surface area contributed by atoms with Crippen LogP contribution in [0.1, 0.15) is 24.8 Å². The number of hydrogen-bond donors (Lipinski definition) is 3. The highest BCUT2D eigenvalue weighted by Gasteiger charge is 2.41. The van der Waals surface area contributed by atoms with Gasteiger partial charge >= 0.3 is 5.97 Å². The number of carbonyl (C=O) groups excluding carboxylic acids is 1. The minimum absolute atomic E-state index is 0.236. The molecule has 1 aromatic carbocycles. The van der Waals surface area contributed by atoms with Crippen LogP contribution < -0.4 is 5.32 Å². The minimum atomic E-state index is -1.18. The number of carboxylic acid groups (broad SMARTS) is 1. The summed E-state index contributed by atoms with van der Waals surface area (Å²) < 4.78 is 5.20. The molecule has 1 aliphatic heterocycles. The first-order valence-corrected chi connectivity index (χ1v) is 7.78. The number of aromatic amines is 1. The number of carbonyl (C=O) groups is 2. The van der Waals surface area contributed by atoms with Crippen molar-refractivity contribution in [2.75, 3.05) is 13.2 Å². The SMILES string of the molecule is O=C(CCc1c[nH]c2ccccc12)NC1(C(=O)O)CCOCC1. The summed E-state index contributed by atoms with van der Waals surface area (Å²) in [5.74, 6) is -1.22. The molecule has 0 radical (unpaired) electrons. The molecule has 0 bridgehead atoms. The Morgan fingerprint density at radius 1 is 1.26 bits per heavy atom. The van der Waals surface area contributed by atoms with E-state index in [9.17, 15) is 14.7 Å². The fourth-order valence-electron chi connectivity index (χ4n) is 3.03. The lowest BCUT2D eigenvalue weighted by Gasteiger charge is -2.33. The van der Waals surface area contributed by atoms with Crippen molar-refractivity contribution in [1.82, 2.24) is 10.3 Å². The summed E-state index contributed by atoms with van der Waals surface area (Å²) in [6, 6.07) is 7.91. The first kappa shape index (κ1) is 15.6. The van der Waals surface area contributed by atoms with Crippen molar-refractivity contribution in [2.45, 2.75) is 31.2 Å². The van der Waals surface area contributed by atoms with Crippen LogP contribution in [-0.4, -0.2) is 40.7 Å². The number of H-pyrrole nitrogens is 1. The van der Waals surface area contributed by atoms with Crippen LogP contribution in [0.5, 0.6) is 0 Å². The van der Waals surface area contributed by atoms with Crippen LogP contribution in [-0.2, 0) is 20.7 Å². The molecule has 0 atom stereocenters. The maximum absolute atomic E-state index is 12.2. The van der Waals surface area contributed by atoms with Gasteiger partial charge < -0.3 is 20.1 Å². The Kier molecular flexibility index (Phi) is 4.34. The van der Waals surface area contributed by atoms with Gasteiger partial charge in [0.1, 0.15) is 5.54 Å². The summed E-state index contributed by atoms with van der Waals surface area (Å²) in [4.78, 5) is 26.9. The Bertz CT molecular complexity index is 716. The zero-order chi connectivity index (χ0) is 16.3. The number of amides is 1. The van der Waals surface area contributed by atoms with Gasteiger partial charge in [-0.15, -0.1) is 0 Å². The third kappa shape index (κ3) is 3.22. The van der Waals surface area contributed by atoms with Gasteiger partial charge in [-0.2, -0.15) is 0 Å². The highest BCUT2D eigenvalue weighted by Crippen LogP contribution is 2.22. The van der Waals surface area contributed by atoms with E-state index in [1.807, 2.05) is 30.5 Å². The predicted octanol–water partition coefficient (Wildman–Crippen LogP) is 1.85. The molecule has 0 spiro atoms. The quantitative estimate of drug-likeness (QED) is 0.785. The monoisotopic (exact) mass is 316 g/mol. The van der Waals surface area contributed by atoms with Crippen LogP contribution in [0.25, 0.3) is 10.9 Å². The van der Waals surface area contributed by atoms with Crippen LogP contribution in [0.4, 0.5) is 0 Å². The number of rotatable bonds is 5. The van der Waals surface area contributed by atoms with Gasteiger partial charge in [-0.05, 0) is 18.1 Å². The fraction of sp³-hybridized carbons (Fsp3) is 0.412. The number of nitrogens with one attached hydrogen (secondary N) is 2. The Hall–Kier alpha value is -2.34. The van der Waals surface area contributed by atoms with Crippen LogP contribution in [0.15, 0.2) is 30.5 Å². The van der Waals surface area contributed by atoms with Crippen LogP contribution >= 0.6 is 0 Å². The van der Waals surface area contributed by atoms with Crippen LogP contribution in [0.2, 0.25) is 0 Å². The van der Waals surface area contributed by atoms with E-state index in [-0.39, 0.29) is 12.3 Å². The lowest BCUT2D eigenvalue weighted by atomic mass is 9.90. The highest BCUT2D eigenvalue weighted by atomic mass is 16.5. The third-order valence-corrected chi connectivity index (χ3v) is 4.43. The fourth-order valence-corrected chi connectivity index (χ4v) is 3.03. The maximum atomic E-state index is 12.2. The molecule has 0 aliphatic carbocycles. The summed E-state index contributed by atoms with van der Waals surface area (Å²) in [6.07, 6.45) is 3.35. The Morgan fingerprint density at radius 2 is 2.00 bits per heavy atom. The number of ether oxygens (including phenoxy) is 1. The predicted molar refractivity (Wildman–Crippen MR) is 85.2 cm³/mol. The Labute approximate surface area is 133 Å². The van der Waals surface area contributed by atoms with Crippen molar-refractivity contribution in [3.05, 3.63) is 36.0 Å². The van der Waals surface area contributed by atoms with Gasteiger partial charge in [0, 0.05) is 49.6 Å². The molecule has 3 rings (SSSR count). The summed E-state index contributed by atoms with van der Waals surface area (Å²) in [5, 5.41) is 13.3. The molecule has 3 N–H and O–H groups in total. The molecule has 1 aromatic heterocycles. The Morgan fingerprint density at radius 3 is 2.74 bits per heavy atom. The molecule has 2 aromatic rings. The molecule has 1 fully saturated rings. The standard InChI is InChI=1S/C17H20N2O4/c20-15(19-17(16(21)22)7-9-23-10-8-17)6-5-12-11-18-14-4-2-1-3-13(12)14/h1-4,11,18H,5-10H2,(H,19,20)(H,21,22). The largest absolute Gasteiger partial charge is 0.480 e. The number of fused-ring (bicyclic) bond motifs is 1. The molecule has 23 heavy (non-hydrogen) atoms. The number of benzene rings is 1. The molecule has 1 aliphatic rings. The van der Waals surface area contributed by atoms with Crippen molar-refractivity contribution in [3.63, 3.8) is 0 Å². The normalized spacial score (nSPS) is 17.0. The summed E-state index contributed by atoms with van der Waals surface area (Å²) in [6.45, 7) is 0.712. The summed E-state index contributed by atoms with van der Waals surface area (Å²) in [7, 11) is 0. The van der Waals surface area contributed by atoms with E-state index < -0.39 is 11.5 Å². The second kappa shape index (κ2) is 6.42. The molecule has 122 valence electrons. The van der Waals surface area contributed by atoms with E-state index in [0.717, 1.165) is 16.5 Å². The molecule has 6 heteroatoms. The van der Waals surface area contributed by atoms with E-state index in [0.29, 0.717) is 32.5 Å². The summed E-state index contributed by atoms with van der Waals surface area (Å²) >= 11 is 0. The average molecular weight is 316 g/mol. The van der Waals surface area contributed by atoms with Crippen molar-refractivity contribution < 1.29 is 19.4 Å².